The molecule has 0 spiro atoms. The third-order valence-electron chi connectivity index (χ3n) is 7.48. The molecular weight excluding hydrogens is 513 g/mol. The number of hydrogen-bond acceptors (Lipinski definition) is 6. The highest BCUT2D eigenvalue weighted by atomic mass is 19.1. The molecule has 1 aromatic carbocycles. The van der Waals surface area contributed by atoms with Crippen LogP contribution in [0.1, 0.15) is 65.7 Å². The van der Waals surface area contributed by atoms with Crippen LogP contribution in [0, 0.1) is 12.7 Å². The Morgan fingerprint density at radius 3 is 2.67 bits per heavy atom. The molecule has 2 aliphatic heterocycles. The van der Waals surface area contributed by atoms with Crippen molar-refractivity contribution in [1.82, 2.24) is 34.9 Å². The van der Waals surface area contributed by atoms with Gasteiger partial charge >= 0.3 is 0 Å². The molecule has 10 nitrogen and oxygen atoms in total. The Kier molecular flexibility index (Phi) is 8.47. The topological polar surface area (TPSA) is 113 Å². The number of rotatable bonds is 3. The highest BCUT2D eigenvalue weighted by Gasteiger charge is 2.34. The molecule has 40 heavy (non-hydrogen) atoms. The molecule has 1 fully saturated rings. The van der Waals surface area contributed by atoms with Gasteiger partial charge < -0.3 is 15.1 Å². The van der Waals surface area contributed by atoms with Crippen molar-refractivity contribution in [2.75, 3.05) is 19.6 Å². The molecule has 210 valence electrons. The van der Waals surface area contributed by atoms with Gasteiger partial charge in [-0.15, -0.1) is 0 Å². The standard InChI is InChI=1S/C29H34FN7O3/c1-20-32-27-24(16-21-8-3-2-4-9-21)33-28(39)25-10-5-6-13-36(25)26(38)11-7-12-35(14-15-37(27)34-20)29(40)22-17-23(30)19-31-18-22/h2-4,8-9,17-19,24-25H,5-7,10-16H2,1H3,(H,33,39)/t24-,25+/m1/s1. The van der Waals surface area contributed by atoms with Crippen molar-refractivity contribution in [1.29, 1.82) is 0 Å². The van der Waals surface area contributed by atoms with Gasteiger partial charge in [-0.3, -0.25) is 19.4 Å². The maximum atomic E-state index is 13.9. The maximum Gasteiger partial charge on any atom is 0.255 e. The third-order valence-corrected chi connectivity index (χ3v) is 7.48. The number of pyridine rings is 1. The summed E-state index contributed by atoms with van der Waals surface area (Å²) < 4.78 is 15.6. The van der Waals surface area contributed by atoms with Gasteiger partial charge in [0.2, 0.25) is 11.8 Å². The smallest absolute Gasteiger partial charge is 0.255 e. The lowest BCUT2D eigenvalue weighted by Gasteiger charge is -2.36. The SMILES string of the molecule is Cc1nc2n(n1)CCN(C(=O)c1cncc(F)c1)CCCC(=O)N1CCCC[C@H]1C(=O)N[C@@H]2Cc1ccccc1. The van der Waals surface area contributed by atoms with Gasteiger partial charge in [0.15, 0.2) is 0 Å². The van der Waals surface area contributed by atoms with Crippen LogP contribution in [0.25, 0.3) is 0 Å². The molecule has 0 unspecified atom stereocenters. The van der Waals surface area contributed by atoms with Crippen LogP contribution in [-0.2, 0) is 22.6 Å². The van der Waals surface area contributed by atoms with Crippen LogP contribution in [0.4, 0.5) is 4.39 Å². The number of nitrogens with one attached hydrogen (secondary N) is 1. The molecule has 2 atom stereocenters. The summed E-state index contributed by atoms with van der Waals surface area (Å²) in [7, 11) is 0. The van der Waals surface area contributed by atoms with E-state index in [9.17, 15) is 18.8 Å². The first kappa shape index (κ1) is 27.4. The van der Waals surface area contributed by atoms with Crippen molar-refractivity contribution < 1.29 is 18.8 Å². The number of carbonyl (C=O) groups excluding carboxylic acids is 3. The van der Waals surface area contributed by atoms with Gasteiger partial charge in [-0.1, -0.05) is 30.3 Å². The van der Waals surface area contributed by atoms with Crippen LogP contribution < -0.4 is 5.32 Å². The average Bonchev–Trinajstić information content (AvgIpc) is 3.34. The van der Waals surface area contributed by atoms with E-state index in [1.165, 1.54) is 12.3 Å². The second-order valence-electron chi connectivity index (χ2n) is 10.4. The number of halogens is 1. The van der Waals surface area contributed by atoms with Crippen molar-refractivity contribution in [3.8, 4) is 0 Å². The first-order chi connectivity index (χ1) is 19.4. The number of nitrogens with zero attached hydrogens (tertiary/aromatic N) is 6. The summed E-state index contributed by atoms with van der Waals surface area (Å²) in [5, 5.41) is 7.78. The molecule has 0 aliphatic carbocycles. The molecule has 2 aliphatic rings. The number of aryl methyl sites for hydroxylation is 1. The second kappa shape index (κ2) is 12.4. The molecule has 1 saturated heterocycles. The van der Waals surface area contributed by atoms with Crippen LogP contribution in [0.15, 0.2) is 48.8 Å². The number of carbonyl (C=O) groups is 3. The van der Waals surface area contributed by atoms with E-state index in [0.717, 1.165) is 24.6 Å². The minimum Gasteiger partial charge on any atom is -0.344 e. The lowest BCUT2D eigenvalue weighted by Crippen LogP contribution is -2.53. The number of piperidine rings is 1. The van der Waals surface area contributed by atoms with Crippen molar-refractivity contribution >= 4 is 17.7 Å². The van der Waals surface area contributed by atoms with E-state index in [1.807, 2.05) is 30.3 Å². The Morgan fingerprint density at radius 2 is 1.88 bits per heavy atom. The number of hydrogen-bond donors (Lipinski definition) is 1. The highest BCUT2D eigenvalue weighted by Crippen LogP contribution is 2.23. The van der Waals surface area contributed by atoms with Crippen LogP contribution in [-0.4, -0.2) is 72.9 Å². The van der Waals surface area contributed by atoms with Gasteiger partial charge in [-0.05, 0) is 50.7 Å². The Balaban J connectivity index is 1.50. The summed E-state index contributed by atoms with van der Waals surface area (Å²) in [6.07, 6.45) is 5.81. The monoisotopic (exact) mass is 547 g/mol. The highest BCUT2D eigenvalue weighted by molar-refractivity contribution is 5.94. The van der Waals surface area contributed by atoms with Crippen LogP contribution in [0.3, 0.4) is 0 Å². The van der Waals surface area contributed by atoms with E-state index in [0.29, 0.717) is 50.5 Å². The van der Waals surface area contributed by atoms with Gasteiger partial charge in [0.05, 0.1) is 24.3 Å². The van der Waals surface area contributed by atoms with Crippen molar-refractivity contribution in [3.63, 3.8) is 0 Å². The molecule has 4 heterocycles. The quantitative estimate of drug-likeness (QED) is 0.540. The Bertz CT molecular complexity index is 1360. The first-order valence-corrected chi connectivity index (χ1v) is 13.8. The largest absolute Gasteiger partial charge is 0.344 e. The average molecular weight is 548 g/mol. The molecule has 1 N–H and O–H groups in total. The van der Waals surface area contributed by atoms with E-state index < -0.39 is 17.9 Å². The summed E-state index contributed by atoms with van der Waals surface area (Å²) in [5.74, 6) is -0.111. The van der Waals surface area contributed by atoms with Gasteiger partial charge in [-0.25, -0.2) is 14.1 Å². The van der Waals surface area contributed by atoms with E-state index in [2.05, 4.69) is 20.4 Å². The van der Waals surface area contributed by atoms with E-state index >= 15 is 0 Å². The molecule has 3 aromatic rings. The predicted octanol–water partition coefficient (Wildman–Crippen LogP) is 2.84. The van der Waals surface area contributed by atoms with Gasteiger partial charge in [0.1, 0.15) is 23.5 Å². The van der Waals surface area contributed by atoms with Gasteiger partial charge in [-0.2, -0.15) is 5.10 Å². The molecular formula is C29H34FN7O3. The normalized spacial score (nSPS) is 20.8. The fraction of sp³-hybridized carbons (Fsp3) is 0.448. The molecule has 2 aromatic heterocycles. The summed E-state index contributed by atoms with van der Waals surface area (Å²) in [6, 6.07) is 9.94. The number of benzene rings is 1. The van der Waals surface area contributed by atoms with E-state index in [-0.39, 0.29) is 36.3 Å². The van der Waals surface area contributed by atoms with Crippen molar-refractivity contribution in [2.45, 2.75) is 64.1 Å². The van der Waals surface area contributed by atoms with Gasteiger partial charge in [0.25, 0.3) is 5.91 Å². The number of amides is 3. The molecule has 0 radical (unpaired) electrons. The van der Waals surface area contributed by atoms with Crippen LogP contribution in [0.5, 0.6) is 0 Å². The molecule has 5 rings (SSSR count). The molecule has 11 heteroatoms. The molecule has 0 saturated carbocycles. The molecule has 0 bridgehead atoms. The fourth-order valence-corrected chi connectivity index (χ4v) is 5.53. The summed E-state index contributed by atoms with van der Waals surface area (Å²) in [4.78, 5) is 52.1. The third kappa shape index (κ3) is 6.35. The lowest BCUT2D eigenvalue weighted by molar-refractivity contribution is -0.142. The number of aromatic nitrogens is 4. The second-order valence-corrected chi connectivity index (χ2v) is 10.4. The predicted molar refractivity (Wildman–Crippen MR) is 144 cm³/mol. The Labute approximate surface area is 232 Å². The zero-order valence-corrected chi connectivity index (χ0v) is 22.6. The van der Waals surface area contributed by atoms with E-state index in [1.54, 1.807) is 21.4 Å². The molecule has 3 amide bonds. The minimum atomic E-state index is -0.590. The summed E-state index contributed by atoms with van der Waals surface area (Å²) in [6.45, 7) is 3.18. The summed E-state index contributed by atoms with van der Waals surface area (Å²) >= 11 is 0. The van der Waals surface area contributed by atoms with Crippen molar-refractivity contribution in [3.05, 3.63) is 77.4 Å². The van der Waals surface area contributed by atoms with Crippen molar-refractivity contribution in [2.24, 2.45) is 0 Å². The zero-order chi connectivity index (χ0) is 28.1. The van der Waals surface area contributed by atoms with E-state index in [4.69, 9.17) is 0 Å². The first-order valence-electron chi connectivity index (χ1n) is 13.8. The summed E-state index contributed by atoms with van der Waals surface area (Å²) in [5.41, 5.74) is 1.17. The zero-order valence-electron chi connectivity index (χ0n) is 22.6. The minimum absolute atomic E-state index is 0.102. The fourth-order valence-electron chi connectivity index (χ4n) is 5.53. The van der Waals surface area contributed by atoms with Crippen LogP contribution >= 0.6 is 0 Å². The maximum absolute atomic E-state index is 13.9. The number of fused-ring (bicyclic) bond motifs is 2. The van der Waals surface area contributed by atoms with Crippen LogP contribution in [0.2, 0.25) is 0 Å². The van der Waals surface area contributed by atoms with Gasteiger partial charge in [0, 0.05) is 32.3 Å². The lowest BCUT2D eigenvalue weighted by atomic mass is 9.99. The Hall–Kier alpha value is -4.15. The Morgan fingerprint density at radius 1 is 1.05 bits per heavy atom.